The number of amides is 1. The molecule has 3 rings (SSSR count). The van der Waals surface area contributed by atoms with Crippen molar-refractivity contribution in [2.75, 3.05) is 5.32 Å². The van der Waals surface area contributed by atoms with Crippen LogP contribution in [0.4, 0.5) is 5.82 Å². The van der Waals surface area contributed by atoms with Crippen LogP contribution in [0.15, 0.2) is 48.0 Å². The molecule has 3 aromatic rings. The quantitative estimate of drug-likeness (QED) is 0.719. The average Bonchev–Trinajstić information content (AvgIpc) is 3.22. The zero-order valence-electron chi connectivity index (χ0n) is 12.0. The zero-order valence-corrected chi connectivity index (χ0v) is 13.7. The van der Waals surface area contributed by atoms with Gasteiger partial charge in [0.15, 0.2) is 0 Å². The first-order chi connectivity index (χ1) is 10.7. The standard InChI is InChI=1S/C16H15N3OS2/c1-12-4-5-13(22-12)6-7-16(20)18-15-8-9-17-19(15)11-14-3-2-10-21-14/h2-10H,11H2,1H3,(H,18,20). The second-order valence-corrected chi connectivity index (χ2v) is 7.08. The van der Waals surface area contributed by atoms with E-state index in [1.54, 1.807) is 45.7 Å². The summed E-state index contributed by atoms with van der Waals surface area (Å²) < 4.78 is 1.78. The summed E-state index contributed by atoms with van der Waals surface area (Å²) in [5.74, 6) is 0.546. The summed E-state index contributed by atoms with van der Waals surface area (Å²) in [5.41, 5.74) is 0. The van der Waals surface area contributed by atoms with Crippen molar-refractivity contribution in [2.24, 2.45) is 0 Å². The maximum absolute atomic E-state index is 12.0. The molecule has 4 nitrogen and oxygen atoms in total. The lowest BCUT2D eigenvalue weighted by atomic mass is 10.4. The van der Waals surface area contributed by atoms with E-state index >= 15 is 0 Å². The summed E-state index contributed by atoms with van der Waals surface area (Å²) in [5, 5.41) is 9.15. The molecule has 3 heterocycles. The topological polar surface area (TPSA) is 46.9 Å². The van der Waals surface area contributed by atoms with Crippen LogP contribution in [0.25, 0.3) is 6.08 Å². The molecule has 0 atom stereocenters. The fourth-order valence-corrected chi connectivity index (χ4v) is 3.45. The molecule has 0 saturated carbocycles. The molecule has 0 spiro atoms. The third-order valence-corrected chi connectivity index (χ3v) is 4.84. The lowest BCUT2D eigenvalue weighted by molar-refractivity contribution is -0.111. The van der Waals surface area contributed by atoms with Crippen LogP contribution in [0.2, 0.25) is 0 Å². The molecule has 0 aliphatic carbocycles. The van der Waals surface area contributed by atoms with Gasteiger partial charge in [-0.1, -0.05) is 6.07 Å². The van der Waals surface area contributed by atoms with E-state index in [4.69, 9.17) is 0 Å². The fraction of sp³-hybridized carbons (Fsp3) is 0.125. The predicted octanol–water partition coefficient (Wildman–Crippen LogP) is 4.01. The number of aromatic nitrogens is 2. The molecule has 22 heavy (non-hydrogen) atoms. The van der Waals surface area contributed by atoms with Crippen LogP contribution in [0, 0.1) is 6.92 Å². The average molecular weight is 329 g/mol. The van der Waals surface area contributed by atoms with Crippen molar-refractivity contribution >= 4 is 40.5 Å². The van der Waals surface area contributed by atoms with Gasteiger partial charge < -0.3 is 5.32 Å². The molecule has 6 heteroatoms. The third-order valence-electron chi connectivity index (χ3n) is 3.01. The van der Waals surface area contributed by atoms with Gasteiger partial charge >= 0.3 is 0 Å². The summed E-state index contributed by atoms with van der Waals surface area (Å²) in [6, 6.07) is 9.91. The van der Waals surface area contributed by atoms with Crippen molar-refractivity contribution in [1.82, 2.24) is 9.78 Å². The van der Waals surface area contributed by atoms with Crippen LogP contribution in [0.1, 0.15) is 14.6 Å². The highest BCUT2D eigenvalue weighted by Crippen LogP contribution is 2.17. The second kappa shape index (κ2) is 6.72. The molecule has 0 aromatic carbocycles. The number of hydrogen-bond acceptors (Lipinski definition) is 4. The summed E-state index contributed by atoms with van der Waals surface area (Å²) in [4.78, 5) is 15.5. The smallest absolute Gasteiger partial charge is 0.249 e. The Balaban J connectivity index is 1.64. The maximum atomic E-state index is 12.0. The van der Waals surface area contributed by atoms with Gasteiger partial charge in [-0.25, -0.2) is 4.68 Å². The normalized spacial score (nSPS) is 11.1. The summed E-state index contributed by atoms with van der Waals surface area (Å²) in [6.45, 7) is 2.71. The van der Waals surface area contributed by atoms with Crippen LogP contribution < -0.4 is 5.32 Å². The number of rotatable bonds is 5. The molecule has 0 bridgehead atoms. The number of aryl methyl sites for hydroxylation is 1. The van der Waals surface area contributed by atoms with E-state index in [2.05, 4.69) is 16.5 Å². The Labute approximate surface area is 136 Å². The number of anilines is 1. The van der Waals surface area contributed by atoms with Crippen LogP contribution in [0.3, 0.4) is 0 Å². The van der Waals surface area contributed by atoms with Gasteiger partial charge in [-0.15, -0.1) is 22.7 Å². The van der Waals surface area contributed by atoms with Gasteiger partial charge in [0, 0.05) is 26.8 Å². The lowest BCUT2D eigenvalue weighted by Crippen LogP contribution is -2.13. The summed E-state index contributed by atoms with van der Waals surface area (Å²) in [7, 11) is 0. The summed E-state index contributed by atoms with van der Waals surface area (Å²) >= 11 is 3.33. The first kappa shape index (κ1) is 14.7. The Morgan fingerprint density at radius 2 is 2.27 bits per heavy atom. The van der Waals surface area contributed by atoms with Crippen molar-refractivity contribution in [2.45, 2.75) is 13.5 Å². The van der Waals surface area contributed by atoms with E-state index in [9.17, 15) is 4.79 Å². The van der Waals surface area contributed by atoms with E-state index < -0.39 is 0 Å². The molecule has 0 saturated heterocycles. The largest absolute Gasteiger partial charge is 0.307 e. The first-order valence-electron chi connectivity index (χ1n) is 6.80. The van der Waals surface area contributed by atoms with Gasteiger partial charge in [0.05, 0.1) is 12.7 Å². The van der Waals surface area contributed by atoms with Crippen molar-refractivity contribution in [3.8, 4) is 0 Å². The molecular weight excluding hydrogens is 314 g/mol. The number of nitrogens with one attached hydrogen (secondary N) is 1. The molecule has 0 unspecified atom stereocenters. The molecule has 0 radical (unpaired) electrons. The lowest BCUT2D eigenvalue weighted by Gasteiger charge is -2.06. The molecule has 0 aliphatic heterocycles. The van der Waals surface area contributed by atoms with Gasteiger partial charge in [-0.05, 0) is 36.6 Å². The molecule has 1 amide bonds. The number of thiophene rings is 2. The molecule has 0 aliphatic rings. The van der Waals surface area contributed by atoms with E-state index in [0.717, 1.165) is 4.88 Å². The molecule has 112 valence electrons. The minimum Gasteiger partial charge on any atom is -0.307 e. The van der Waals surface area contributed by atoms with Crippen LogP contribution in [-0.4, -0.2) is 15.7 Å². The number of carbonyl (C=O) groups excluding carboxylic acids is 1. The molecular formula is C16H15N3OS2. The van der Waals surface area contributed by atoms with Gasteiger partial charge in [0.25, 0.3) is 0 Å². The van der Waals surface area contributed by atoms with Crippen LogP contribution >= 0.6 is 22.7 Å². The zero-order chi connectivity index (χ0) is 15.4. The maximum Gasteiger partial charge on any atom is 0.249 e. The van der Waals surface area contributed by atoms with Gasteiger partial charge in [0.1, 0.15) is 5.82 Å². The fourth-order valence-electron chi connectivity index (χ4n) is 1.98. The monoisotopic (exact) mass is 329 g/mol. The van der Waals surface area contributed by atoms with E-state index in [1.807, 2.05) is 36.6 Å². The van der Waals surface area contributed by atoms with Crippen molar-refractivity contribution < 1.29 is 4.79 Å². The second-order valence-electron chi connectivity index (χ2n) is 4.72. The number of hydrogen-bond donors (Lipinski definition) is 1. The number of nitrogens with zero attached hydrogens (tertiary/aromatic N) is 2. The number of carbonyl (C=O) groups is 1. The van der Waals surface area contributed by atoms with Crippen molar-refractivity contribution in [3.05, 3.63) is 62.6 Å². The highest BCUT2D eigenvalue weighted by Gasteiger charge is 2.06. The van der Waals surface area contributed by atoms with Crippen molar-refractivity contribution in [3.63, 3.8) is 0 Å². The Bertz CT molecular complexity index is 784. The van der Waals surface area contributed by atoms with E-state index in [0.29, 0.717) is 12.4 Å². The molecule has 1 N–H and O–H groups in total. The molecule has 0 fully saturated rings. The van der Waals surface area contributed by atoms with Crippen LogP contribution in [-0.2, 0) is 11.3 Å². The minimum absolute atomic E-state index is 0.154. The molecule has 3 aromatic heterocycles. The van der Waals surface area contributed by atoms with Gasteiger partial charge in [0.2, 0.25) is 5.91 Å². The van der Waals surface area contributed by atoms with Gasteiger partial charge in [-0.2, -0.15) is 5.10 Å². The SMILES string of the molecule is Cc1ccc(C=CC(=O)Nc2ccnn2Cc2cccs2)s1. The Hall–Kier alpha value is -2.18. The van der Waals surface area contributed by atoms with Crippen LogP contribution in [0.5, 0.6) is 0 Å². The first-order valence-corrected chi connectivity index (χ1v) is 8.50. The third kappa shape index (κ3) is 3.72. The minimum atomic E-state index is -0.154. The van der Waals surface area contributed by atoms with E-state index in [-0.39, 0.29) is 5.91 Å². The Morgan fingerprint density at radius 3 is 3.00 bits per heavy atom. The van der Waals surface area contributed by atoms with E-state index in [1.165, 1.54) is 9.75 Å². The van der Waals surface area contributed by atoms with Crippen molar-refractivity contribution in [1.29, 1.82) is 0 Å². The summed E-state index contributed by atoms with van der Waals surface area (Å²) in [6.07, 6.45) is 5.07. The Morgan fingerprint density at radius 1 is 1.36 bits per heavy atom. The van der Waals surface area contributed by atoms with Gasteiger partial charge in [-0.3, -0.25) is 4.79 Å². The Kier molecular flexibility index (Phi) is 4.50. The predicted molar refractivity (Wildman–Crippen MR) is 92.4 cm³/mol. The highest BCUT2D eigenvalue weighted by molar-refractivity contribution is 7.12. The highest BCUT2D eigenvalue weighted by atomic mass is 32.1.